The minimum Gasteiger partial charge on any atom is -0.508 e. The number of aryl methyl sites for hydroxylation is 1. The fraction of sp³-hybridized carbons (Fsp3) is 0.524. The number of rotatable bonds is 9. The Labute approximate surface area is 147 Å². The molecule has 0 heterocycles. The van der Waals surface area contributed by atoms with Crippen molar-refractivity contribution in [2.75, 3.05) is 0 Å². The number of allylic oxidation sites excluding steroid dienone is 4. The SMILES string of the molecule is CCCCCc1cc(O)c(C/C=C(\C)CCC=C(C)C)c(Cl)c1. The largest absolute Gasteiger partial charge is 0.508 e. The molecule has 0 spiro atoms. The maximum Gasteiger partial charge on any atom is 0.120 e. The summed E-state index contributed by atoms with van der Waals surface area (Å²) in [6.45, 7) is 8.58. The summed E-state index contributed by atoms with van der Waals surface area (Å²) in [5.74, 6) is 0.331. The van der Waals surface area contributed by atoms with Crippen LogP contribution in [0.2, 0.25) is 5.02 Å². The molecule has 0 aliphatic rings. The van der Waals surface area contributed by atoms with Crippen molar-refractivity contribution in [2.24, 2.45) is 0 Å². The summed E-state index contributed by atoms with van der Waals surface area (Å²) in [7, 11) is 0. The van der Waals surface area contributed by atoms with Gasteiger partial charge in [-0.2, -0.15) is 0 Å². The van der Waals surface area contributed by atoms with E-state index in [1.807, 2.05) is 12.1 Å². The standard InChI is InChI=1S/C21H31ClO/c1-5-6-7-11-18-14-20(22)19(21(23)15-18)13-12-17(4)10-8-9-16(2)3/h9,12,14-15,23H,5-8,10-11,13H2,1-4H3/b17-12+. The van der Waals surface area contributed by atoms with Crippen molar-refractivity contribution in [1.29, 1.82) is 0 Å². The lowest BCUT2D eigenvalue weighted by atomic mass is 10.0. The van der Waals surface area contributed by atoms with Gasteiger partial charge in [0.1, 0.15) is 5.75 Å². The number of hydrogen-bond donors (Lipinski definition) is 1. The summed E-state index contributed by atoms with van der Waals surface area (Å²) in [5, 5.41) is 11.0. The van der Waals surface area contributed by atoms with E-state index in [0.717, 1.165) is 36.8 Å². The first-order valence-electron chi connectivity index (χ1n) is 8.73. The summed E-state index contributed by atoms with van der Waals surface area (Å²) in [4.78, 5) is 0. The summed E-state index contributed by atoms with van der Waals surface area (Å²) >= 11 is 6.38. The highest BCUT2D eigenvalue weighted by atomic mass is 35.5. The van der Waals surface area contributed by atoms with E-state index in [1.54, 1.807) is 0 Å². The molecule has 0 bridgehead atoms. The average molecular weight is 335 g/mol. The number of aromatic hydroxyl groups is 1. The molecule has 2 heteroatoms. The second-order valence-electron chi connectivity index (χ2n) is 6.61. The Bertz CT molecular complexity index is 528. The van der Waals surface area contributed by atoms with Crippen LogP contribution >= 0.6 is 11.6 Å². The molecule has 0 aromatic heterocycles. The number of halogens is 1. The number of phenols is 1. The van der Waals surface area contributed by atoms with Crippen molar-refractivity contribution in [2.45, 2.75) is 72.6 Å². The Morgan fingerprint density at radius 3 is 2.48 bits per heavy atom. The lowest BCUT2D eigenvalue weighted by molar-refractivity contribution is 0.468. The van der Waals surface area contributed by atoms with Gasteiger partial charge in [-0.3, -0.25) is 0 Å². The summed E-state index contributed by atoms with van der Waals surface area (Å²) < 4.78 is 0. The maximum absolute atomic E-state index is 10.3. The highest BCUT2D eigenvalue weighted by Crippen LogP contribution is 2.29. The summed E-state index contributed by atoms with van der Waals surface area (Å²) in [5.41, 5.74) is 4.67. The molecule has 0 aliphatic carbocycles. The predicted molar refractivity (Wildman–Crippen MR) is 102 cm³/mol. The molecule has 0 atom stereocenters. The molecule has 1 nitrogen and oxygen atoms in total. The van der Waals surface area contributed by atoms with Crippen LogP contribution in [0.5, 0.6) is 5.75 Å². The molecular formula is C21H31ClO. The Hall–Kier alpha value is -1.21. The Morgan fingerprint density at radius 1 is 1.13 bits per heavy atom. The van der Waals surface area contributed by atoms with Gasteiger partial charge in [-0.05, 0) is 70.6 Å². The number of benzene rings is 1. The van der Waals surface area contributed by atoms with Crippen molar-refractivity contribution in [1.82, 2.24) is 0 Å². The third kappa shape index (κ3) is 7.74. The van der Waals surface area contributed by atoms with Gasteiger partial charge in [0, 0.05) is 10.6 Å². The van der Waals surface area contributed by atoms with Crippen LogP contribution in [0.3, 0.4) is 0 Å². The Kier molecular flexibility index (Phi) is 9.09. The minimum atomic E-state index is 0.331. The van der Waals surface area contributed by atoms with Crippen molar-refractivity contribution in [3.8, 4) is 5.75 Å². The first-order valence-corrected chi connectivity index (χ1v) is 9.11. The van der Waals surface area contributed by atoms with E-state index in [4.69, 9.17) is 11.6 Å². The fourth-order valence-corrected chi connectivity index (χ4v) is 2.88. The highest BCUT2D eigenvalue weighted by molar-refractivity contribution is 6.31. The molecule has 1 aromatic carbocycles. The predicted octanol–water partition coefficient (Wildman–Crippen LogP) is 7.01. The second-order valence-corrected chi connectivity index (χ2v) is 7.01. The normalized spacial score (nSPS) is 11.6. The summed E-state index contributed by atoms with van der Waals surface area (Å²) in [6, 6.07) is 3.89. The molecule has 0 saturated carbocycles. The minimum absolute atomic E-state index is 0.331. The molecule has 1 N–H and O–H groups in total. The molecule has 1 rings (SSSR count). The summed E-state index contributed by atoms with van der Waals surface area (Å²) in [6.07, 6.45) is 11.8. The van der Waals surface area contributed by atoms with E-state index < -0.39 is 0 Å². The van der Waals surface area contributed by atoms with Gasteiger partial charge in [0.15, 0.2) is 0 Å². The van der Waals surface area contributed by atoms with Gasteiger partial charge in [-0.1, -0.05) is 54.7 Å². The zero-order valence-electron chi connectivity index (χ0n) is 15.1. The van der Waals surface area contributed by atoms with E-state index in [1.165, 1.54) is 24.0 Å². The second kappa shape index (κ2) is 10.5. The van der Waals surface area contributed by atoms with Gasteiger partial charge >= 0.3 is 0 Å². The molecule has 0 amide bonds. The monoisotopic (exact) mass is 334 g/mol. The van der Waals surface area contributed by atoms with Gasteiger partial charge in [0.05, 0.1) is 0 Å². The zero-order valence-corrected chi connectivity index (χ0v) is 15.8. The van der Waals surface area contributed by atoms with E-state index in [2.05, 4.69) is 39.8 Å². The van der Waals surface area contributed by atoms with Crippen molar-refractivity contribution in [3.05, 3.63) is 51.6 Å². The van der Waals surface area contributed by atoms with Crippen LogP contribution < -0.4 is 0 Å². The topological polar surface area (TPSA) is 20.2 Å². The third-order valence-corrected chi connectivity index (χ3v) is 4.38. The molecule has 128 valence electrons. The molecule has 1 aromatic rings. The Balaban J connectivity index is 2.67. The van der Waals surface area contributed by atoms with Crippen molar-refractivity contribution < 1.29 is 5.11 Å². The van der Waals surface area contributed by atoms with Crippen LogP contribution in [0.4, 0.5) is 0 Å². The first-order chi connectivity index (χ1) is 10.9. The highest BCUT2D eigenvalue weighted by Gasteiger charge is 2.08. The van der Waals surface area contributed by atoms with Crippen LogP contribution in [0.25, 0.3) is 0 Å². The lowest BCUT2D eigenvalue weighted by Crippen LogP contribution is -1.92. The van der Waals surface area contributed by atoms with Gasteiger partial charge in [0.2, 0.25) is 0 Å². The van der Waals surface area contributed by atoms with Crippen LogP contribution in [-0.2, 0) is 12.8 Å². The van der Waals surface area contributed by atoms with Gasteiger partial charge in [0.25, 0.3) is 0 Å². The zero-order chi connectivity index (χ0) is 17.2. The maximum atomic E-state index is 10.3. The van der Waals surface area contributed by atoms with E-state index in [9.17, 15) is 5.11 Å². The molecule has 23 heavy (non-hydrogen) atoms. The first kappa shape index (κ1) is 19.8. The van der Waals surface area contributed by atoms with E-state index in [-0.39, 0.29) is 0 Å². The molecule has 0 unspecified atom stereocenters. The number of hydrogen-bond acceptors (Lipinski definition) is 1. The third-order valence-electron chi connectivity index (χ3n) is 4.05. The van der Waals surface area contributed by atoms with E-state index >= 15 is 0 Å². The lowest BCUT2D eigenvalue weighted by Gasteiger charge is -2.09. The molecular weight excluding hydrogens is 304 g/mol. The average Bonchev–Trinajstić information content (AvgIpc) is 2.46. The van der Waals surface area contributed by atoms with Crippen LogP contribution in [0.1, 0.15) is 70.9 Å². The van der Waals surface area contributed by atoms with Crippen molar-refractivity contribution >= 4 is 11.6 Å². The quantitative estimate of drug-likeness (QED) is 0.380. The smallest absolute Gasteiger partial charge is 0.120 e. The Morgan fingerprint density at radius 2 is 1.87 bits per heavy atom. The van der Waals surface area contributed by atoms with Crippen LogP contribution in [0, 0.1) is 0 Å². The van der Waals surface area contributed by atoms with Gasteiger partial charge < -0.3 is 5.11 Å². The number of unbranched alkanes of at least 4 members (excludes halogenated alkanes) is 2. The van der Waals surface area contributed by atoms with E-state index in [0.29, 0.717) is 17.2 Å². The molecule has 0 radical (unpaired) electrons. The molecule has 0 fully saturated rings. The van der Waals surface area contributed by atoms with Crippen LogP contribution in [-0.4, -0.2) is 5.11 Å². The van der Waals surface area contributed by atoms with Crippen LogP contribution in [0.15, 0.2) is 35.4 Å². The number of phenolic OH excluding ortho intramolecular Hbond substituents is 1. The fourth-order valence-electron chi connectivity index (χ4n) is 2.57. The van der Waals surface area contributed by atoms with Gasteiger partial charge in [-0.15, -0.1) is 0 Å². The van der Waals surface area contributed by atoms with Gasteiger partial charge in [-0.25, -0.2) is 0 Å². The van der Waals surface area contributed by atoms with Crippen molar-refractivity contribution in [3.63, 3.8) is 0 Å². The molecule has 0 aliphatic heterocycles. The molecule has 0 saturated heterocycles.